The highest BCUT2D eigenvalue weighted by atomic mass is 79.9. The Morgan fingerprint density at radius 1 is 1.37 bits per heavy atom. The number of nitrogens with zero attached hydrogens (tertiary/aromatic N) is 2. The zero-order chi connectivity index (χ0) is 13.8. The Kier molecular flexibility index (Phi) is 4.64. The molecule has 1 aromatic carbocycles. The van der Waals surface area contributed by atoms with Crippen LogP contribution in [-0.4, -0.2) is 9.78 Å². The fourth-order valence-corrected chi connectivity index (χ4v) is 2.67. The highest BCUT2D eigenvalue weighted by Crippen LogP contribution is 2.26. The van der Waals surface area contributed by atoms with Crippen molar-refractivity contribution in [3.8, 4) is 0 Å². The molecule has 0 saturated heterocycles. The van der Waals surface area contributed by atoms with Crippen LogP contribution in [0, 0.1) is 0 Å². The lowest BCUT2D eigenvalue weighted by atomic mass is 10.0. The highest BCUT2D eigenvalue weighted by molar-refractivity contribution is 9.10. The molecule has 0 fully saturated rings. The number of halogens is 1. The van der Waals surface area contributed by atoms with E-state index in [4.69, 9.17) is 0 Å². The number of benzene rings is 1. The molecule has 1 aromatic heterocycles. The molecular weight excluding hydrogens is 302 g/mol. The molecule has 0 spiro atoms. The summed E-state index contributed by atoms with van der Waals surface area (Å²) in [6.45, 7) is 4.33. The summed E-state index contributed by atoms with van der Waals surface area (Å²) in [5.74, 6) is 0. The van der Waals surface area contributed by atoms with Gasteiger partial charge >= 0.3 is 0 Å². The van der Waals surface area contributed by atoms with Gasteiger partial charge in [0.15, 0.2) is 0 Å². The Bertz CT molecular complexity index is 548. The number of anilines is 1. The Labute approximate surface area is 123 Å². The van der Waals surface area contributed by atoms with E-state index >= 15 is 0 Å². The second kappa shape index (κ2) is 6.24. The molecule has 0 amide bonds. The predicted octanol–water partition coefficient (Wildman–Crippen LogP) is 4.31. The first-order valence-corrected chi connectivity index (χ1v) is 7.47. The van der Waals surface area contributed by atoms with E-state index in [0.29, 0.717) is 6.04 Å². The minimum atomic E-state index is 0.312. The maximum absolute atomic E-state index is 4.47. The van der Waals surface area contributed by atoms with Gasteiger partial charge in [-0.05, 0) is 30.5 Å². The highest BCUT2D eigenvalue weighted by Gasteiger charge is 2.13. The molecule has 3 nitrogen and oxygen atoms in total. The van der Waals surface area contributed by atoms with Crippen molar-refractivity contribution < 1.29 is 0 Å². The fraction of sp³-hybridized carbons (Fsp3) is 0.400. The second-order valence-corrected chi connectivity index (χ2v) is 5.59. The molecule has 0 saturated carbocycles. The average molecular weight is 322 g/mol. The van der Waals surface area contributed by atoms with Crippen LogP contribution in [-0.2, 0) is 13.5 Å². The minimum absolute atomic E-state index is 0.312. The van der Waals surface area contributed by atoms with Crippen molar-refractivity contribution in [1.82, 2.24) is 9.78 Å². The van der Waals surface area contributed by atoms with Gasteiger partial charge in [-0.1, -0.05) is 41.9 Å². The van der Waals surface area contributed by atoms with Crippen molar-refractivity contribution in [2.75, 3.05) is 5.32 Å². The lowest BCUT2D eigenvalue weighted by molar-refractivity contribution is 0.746. The first-order valence-electron chi connectivity index (χ1n) is 6.68. The maximum Gasteiger partial charge on any atom is 0.0853 e. The molecule has 2 aromatic rings. The largest absolute Gasteiger partial charge is 0.375 e. The number of hydrogen-bond donors (Lipinski definition) is 1. The number of hydrogen-bond acceptors (Lipinski definition) is 2. The zero-order valence-corrected chi connectivity index (χ0v) is 13.2. The summed E-state index contributed by atoms with van der Waals surface area (Å²) in [6, 6.07) is 8.77. The average Bonchev–Trinajstić information content (AvgIpc) is 2.76. The van der Waals surface area contributed by atoms with Crippen molar-refractivity contribution in [2.45, 2.75) is 32.7 Å². The number of rotatable bonds is 5. The lowest BCUT2D eigenvalue weighted by Gasteiger charge is -2.18. The van der Waals surface area contributed by atoms with E-state index in [1.54, 1.807) is 0 Å². The van der Waals surface area contributed by atoms with Gasteiger partial charge in [0.1, 0.15) is 0 Å². The summed E-state index contributed by atoms with van der Waals surface area (Å²) < 4.78 is 2.99. The van der Waals surface area contributed by atoms with Gasteiger partial charge < -0.3 is 5.32 Å². The van der Waals surface area contributed by atoms with Crippen LogP contribution >= 0.6 is 15.9 Å². The van der Waals surface area contributed by atoms with Gasteiger partial charge in [0.2, 0.25) is 0 Å². The van der Waals surface area contributed by atoms with Crippen molar-refractivity contribution in [2.24, 2.45) is 7.05 Å². The Hall–Kier alpha value is -1.29. The van der Waals surface area contributed by atoms with Gasteiger partial charge in [0.05, 0.1) is 17.4 Å². The fourth-order valence-electron chi connectivity index (χ4n) is 2.25. The Balaban J connectivity index is 2.23. The molecular formula is C15H20BrN3. The van der Waals surface area contributed by atoms with Crippen LogP contribution in [0.15, 0.2) is 34.9 Å². The van der Waals surface area contributed by atoms with Crippen LogP contribution in [0.3, 0.4) is 0 Å². The standard InChI is InChI=1S/C15H20BrN3/c1-4-13(11-7-6-8-12(16)9-11)17-15-10-19(3)18-14(15)5-2/h6-10,13,17H,4-5H2,1-3H3. The van der Waals surface area contributed by atoms with E-state index in [-0.39, 0.29) is 0 Å². The third kappa shape index (κ3) is 3.38. The van der Waals surface area contributed by atoms with E-state index in [2.05, 4.69) is 70.7 Å². The molecule has 2 rings (SSSR count). The van der Waals surface area contributed by atoms with E-state index in [1.807, 2.05) is 11.7 Å². The summed E-state index contributed by atoms with van der Waals surface area (Å²) in [4.78, 5) is 0. The topological polar surface area (TPSA) is 29.9 Å². The Morgan fingerprint density at radius 3 is 2.79 bits per heavy atom. The zero-order valence-electron chi connectivity index (χ0n) is 11.7. The molecule has 1 atom stereocenters. The van der Waals surface area contributed by atoms with Crippen LogP contribution in [0.1, 0.15) is 37.6 Å². The monoisotopic (exact) mass is 321 g/mol. The smallest absolute Gasteiger partial charge is 0.0853 e. The summed E-state index contributed by atoms with van der Waals surface area (Å²) in [7, 11) is 1.96. The molecule has 1 heterocycles. The molecule has 102 valence electrons. The van der Waals surface area contributed by atoms with Gasteiger partial charge in [-0.15, -0.1) is 0 Å². The van der Waals surface area contributed by atoms with Crippen LogP contribution in [0.2, 0.25) is 0 Å². The SMILES string of the molecule is CCc1nn(C)cc1NC(CC)c1cccc(Br)c1. The molecule has 0 aliphatic carbocycles. The summed E-state index contributed by atoms with van der Waals surface area (Å²) in [5, 5.41) is 8.08. The summed E-state index contributed by atoms with van der Waals surface area (Å²) >= 11 is 3.53. The molecule has 1 N–H and O–H groups in total. The van der Waals surface area contributed by atoms with Crippen LogP contribution in [0.25, 0.3) is 0 Å². The second-order valence-electron chi connectivity index (χ2n) is 4.68. The van der Waals surface area contributed by atoms with Gasteiger partial charge in [-0.2, -0.15) is 5.10 Å². The maximum atomic E-state index is 4.47. The molecule has 0 bridgehead atoms. The van der Waals surface area contributed by atoms with Crippen molar-refractivity contribution in [3.05, 3.63) is 46.2 Å². The predicted molar refractivity (Wildman–Crippen MR) is 83.4 cm³/mol. The molecule has 0 aliphatic rings. The minimum Gasteiger partial charge on any atom is -0.375 e. The molecule has 1 unspecified atom stereocenters. The third-order valence-electron chi connectivity index (χ3n) is 3.23. The van der Waals surface area contributed by atoms with Crippen LogP contribution < -0.4 is 5.32 Å². The quantitative estimate of drug-likeness (QED) is 0.889. The van der Waals surface area contributed by atoms with Crippen LogP contribution in [0.4, 0.5) is 5.69 Å². The van der Waals surface area contributed by atoms with Gasteiger partial charge in [-0.25, -0.2) is 0 Å². The van der Waals surface area contributed by atoms with Gasteiger partial charge in [0.25, 0.3) is 0 Å². The summed E-state index contributed by atoms with van der Waals surface area (Å²) in [5.41, 5.74) is 3.55. The number of aromatic nitrogens is 2. The first-order chi connectivity index (χ1) is 9.13. The van der Waals surface area contributed by atoms with Crippen molar-refractivity contribution >= 4 is 21.6 Å². The molecule has 19 heavy (non-hydrogen) atoms. The molecule has 4 heteroatoms. The van der Waals surface area contributed by atoms with E-state index in [9.17, 15) is 0 Å². The number of aryl methyl sites for hydroxylation is 2. The Morgan fingerprint density at radius 2 is 2.16 bits per heavy atom. The summed E-state index contributed by atoms with van der Waals surface area (Å²) in [6.07, 6.45) is 4.03. The first kappa shape index (κ1) is 14.1. The van der Waals surface area contributed by atoms with Crippen molar-refractivity contribution in [3.63, 3.8) is 0 Å². The normalized spacial score (nSPS) is 12.4. The van der Waals surface area contributed by atoms with E-state index in [1.165, 1.54) is 5.56 Å². The van der Waals surface area contributed by atoms with Crippen molar-refractivity contribution in [1.29, 1.82) is 0 Å². The number of nitrogens with one attached hydrogen (secondary N) is 1. The van der Waals surface area contributed by atoms with E-state index < -0.39 is 0 Å². The van der Waals surface area contributed by atoms with Gasteiger partial charge in [-0.3, -0.25) is 4.68 Å². The molecule has 0 radical (unpaired) electrons. The third-order valence-corrected chi connectivity index (χ3v) is 3.72. The van der Waals surface area contributed by atoms with Gasteiger partial charge in [0, 0.05) is 17.7 Å². The van der Waals surface area contributed by atoms with E-state index in [0.717, 1.165) is 28.7 Å². The lowest BCUT2D eigenvalue weighted by Crippen LogP contribution is -2.10. The van der Waals surface area contributed by atoms with Crippen LogP contribution in [0.5, 0.6) is 0 Å². The molecule has 0 aliphatic heterocycles.